The first-order valence-corrected chi connectivity index (χ1v) is 7.78. The van der Waals surface area contributed by atoms with E-state index in [1.54, 1.807) is 7.11 Å². The van der Waals surface area contributed by atoms with Crippen LogP contribution in [0.1, 0.15) is 0 Å². The van der Waals surface area contributed by atoms with Gasteiger partial charge in [-0.25, -0.2) is 9.97 Å². The van der Waals surface area contributed by atoms with Gasteiger partial charge in [-0.3, -0.25) is 0 Å². The zero-order valence-corrected chi connectivity index (χ0v) is 14.0. The molecular formula is C17H15BrN4O. The number of ether oxygens (including phenoxy) is 1. The summed E-state index contributed by atoms with van der Waals surface area (Å²) in [5, 5.41) is 6.48. The lowest BCUT2D eigenvalue weighted by Gasteiger charge is -2.09. The van der Waals surface area contributed by atoms with E-state index in [4.69, 9.17) is 4.74 Å². The van der Waals surface area contributed by atoms with Crippen LogP contribution in [0.4, 0.5) is 23.0 Å². The molecule has 0 aliphatic heterocycles. The molecule has 0 amide bonds. The molecule has 3 rings (SSSR count). The van der Waals surface area contributed by atoms with Gasteiger partial charge in [0.2, 0.25) is 0 Å². The number of hydrogen-bond donors (Lipinski definition) is 2. The number of methoxy groups -OCH3 is 1. The SMILES string of the molecule is COc1ccc(Nc2cc(Nc3ccc(Br)cc3)ncn2)cc1. The van der Waals surface area contributed by atoms with E-state index in [1.807, 2.05) is 54.6 Å². The van der Waals surface area contributed by atoms with Gasteiger partial charge in [0.25, 0.3) is 0 Å². The van der Waals surface area contributed by atoms with Crippen molar-refractivity contribution in [3.63, 3.8) is 0 Å². The van der Waals surface area contributed by atoms with E-state index in [-0.39, 0.29) is 0 Å². The lowest BCUT2D eigenvalue weighted by atomic mass is 10.3. The Hall–Kier alpha value is -2.60. The maximum atomic E-state index is 5.15. The molecule has 6 heteroatoms. The predicted molar refractivity (Wildman–Crippen MR) is 95.7 cm³/mol. The van der Waals surface area contributed by atoms with Crippen molar-refractivity contribution >= 4 is 38.9 Å². The molecule has 0 saturated heterocycles. The molecule has 2 aromatic carbocycles. The number of halogens is 1. The molecule has 0 aliphatic carbocycles. The highest BCUT2D eigenvalue weighted by Crippen LogP contribution is 2.22. The molecule has 23 heavy (non-hydrogen) atoms. The molecular weight excluding hydrogens is 356 g/mol. The molecule has 3 aromatic rings. The first-order chi connectivity index (χ1) is 11.2. The van der Waals surface area contributed by atoms with Crippen molar-refractivity contribution in [3.8, 4) is 5.75 Å². The van der Waals surface area contributed by atoms with Crippen LogP contribution in [0.5, 0.6) is 5.75 Å². The average molecular weight is 371 g/mol. The van der Waals surface area contributed by atoms with Crippen molar-refractivity contribution in [2.45, 2.75) is 0 Å². The molecule has 2 N–H and O–H groups in total. The molecule has 0 spiro atoms. The van der Waals surface area contributed by atoms with E-state index in [9.17, 15) is 0 Å². The van der Waals surface area contributed by atoms with Crippen LogP contribution in [-0.2, 0) is 0 Å². The van der Waals surface area contributed by atoms with Gasteiger partial charge in [-0.1, -0.05) is 15.9 Å². The van der Waals surface area contributed by atoms with Gasteiger partial charge >= 0.3 is 0 Å². The van der Waals surface area contributed by atoms with E-state index >= 15 is 0 Å². The van der Waals surface area contributed by atoms with Crippen LogP contribution in [0.15, 0.2) is 65.4 Å². The van der Waals surface area contributed by atoms with E-state index < -0.39 is 0 Å². The smallest absolute Gasteiger partial charge is 0.135 e. The second kappa shape index (κ2) is 7.11. The largest absolute Gasteiger partial charge is 0.497 e. The zero-order chi connectivity index (χ0) is 16.1. The normalized spacial score (nSPS) is 10.2. The first kappa shape index (κ1) is 15.3. The third-order valence-electron chi connectivity index (χ3n) is 3.15. The second-order valence-electron chi connectivity index (χ2n) is 4.77. The number of benzene rings is 2. The Bertz CT molecular complexity index is 775. The summed E-state index contributed by atoms with van der Waals surface area (Å²) in [5.74, 6) is 2.25. The van der Waals surface area contributed by atoms with Crippen LogP contribution in [0.3, 0.4) is 0 Å². The molecule has 0 atom stereocenters. The van der Waals surface area contributed by atoms with E-state index in [0.29, 0.717) is 5.82 Å². The van der Waals surface area contributed by atoms with Crippen LogP contribution < -0.4 is 15.4 Å². The van der Waals surface area contributed by atoms with Gasteiger partial charge in [-0.2, -0.15) is 0 Å². The highest BCUT2D eigenvalue weighted by Gasteiger charge is 2.01. The Morgan fingerprint density at radius 1 is 0.826 bits per heavy atom. The van der Waals surface area contributed by atoms with E-state index in [0.717, 1.165) is 27.4 Å². The van der Waals surface area contributed by atoms with Crippen molar-refractivity contribution in [1.29, 1.82) is 0 Å². The molecule has 0 bridgehead atoms. The minimum atomic E-state index is 0.713. The van der Waals surface area contributed by atoms with E-state index in [1.165, 1.54) is 6.33 Å². The molecule has 116 valence electrons. The number of nitrogens with one attached hydrogen (secondary N) is 2. The maximum Gasteiger partial charge on any atom is 0.135 e. The fourth-order valence-electron chi connectivity index (χ4n) is 2.00. The minimum Gasteiger partial charge on any atom is -0.497 e. The monoisotopic (exact) mass is 370 g/mol. The van der Waals surface area contributed by atoms with Crippen LogP contribution in [-0.4, -0.2) is 17.1 Å². The van der Waals surface area contributed by atoms with Crippen LogP contribution in [0.25, 0.3) is 0 Å². The highest BCUT2D eigenvalue weighted by atomic mass is 79.9. The van der Waals surface area contributed by atoms with Gasteiger partial charge in [-0.05, 0) is 48.5 Å². The number of hydrogen-bond acceptors (Lipinski definition) is 5. The molecule has 0 unspecified atom stereocenters. The maximum absolute atomic E-state index is 5.15. The van der Waals surface area contributed by atoms with Gasteiger partial charge in [0, 0.05) is 21.9 Å². The van der Waals surface area contributed by atoms with E-state index in [2.05, 4.69) is 36.5 Å². The summed E-state index contributed by atoms with van der Waals surface area (Å²) in [5.41, 5.74) is 1.89. The van der Waals surface area contributed by atoms with Crippen LogP contribution in [0, 0.1) is 0 Å². The Kier molecular flexibility index (Phi) is 4.73. The summed E-state index contributed by atoms with van der Waals surface area (Å²) in [6.07, 6.45) is 1.52. The second-order valence-corrected chi connectivity index (χ2v) is 5.69. The highest BCUT2D eigenvalue weighted by molar-refractivity contribution is 9.10. The number of rotatable bonds is 5. The topological polar surface area (TPSA) is 59.1 Å². The third kappa shape index (κ3) is 4.20. The fraction of sp³-hybridized carbons (Fsp3) is 0.0588. The lowest BCUT2D eigenvalue weighted by Crippen LogP contribution is -1.98. The molecule has 1 heterocycles. The molecule has 5 nitrogen and oxygen atoms in total. The quantitative estimate of drug-likeness (QED) is 0.679. The lowest BCUT2D eigenvalue weighted by molar-refractivity contribution is 0.415. The van der Waals surface area contributed by atoms with Gasteiger partial charge in [0.1, 0.15) is 23.7 Å². The molecule has 0 saturated carbocycles. The number of anilines is 4. The fourth-order valence-corrected chi connectivity index (χ4v) is 2.26. The van der Waals surface area contributed by atoms with Gasteiger partial charge < -0.3 is 15.4 Å². The molecule has 0 radical (unpaired) electrons. The summed E-state index contributed by atoms with van der Waals surface area (Å²) >= 11 is 3.42. The van der Waals surface area contributed by atoms with Crippen LogP contribution >= 0.6 is 15.9 Å². The Balaban J connectivity index is 1.72. The zero-order valence-electron chi connectivity index (χ0n) is 12.5. The minimum absolute atomic E-state index is 0.713. The van der Waals surface area contributed by atoms with Crippen molar-refractivity contribution in [2.24, 2.45) is 0 Å². The molecule has 1 aromatic heterocycles. The number of nitrogens with zero attached hydrogens (tertiary/aromatic N) is 2. The Labute approximate surface area is 142 Å². The first-order valence-electron chi connectivity index (χ1n) is 6.99. The van der Waals surface area contributed by atoms with Crippen LogP contribution in [0.2, 0.25) is 0 Å². The Morgan fingerprint density at radius 2 is 1.35 bits per heavy atom. The van der Waals surface area contributed by atoms with Crippen molar-refractivity contribution in [2.75, 3.05) is 17.7 Å². The van der Waals surface area contributed by atoms with Gasteiger partial charge in [0.05, 0.1) is 7.11 Å². The van der Waals surface area contributed by atoms with Gasteiger partial charge in [0.15, 0.2) is 0 Å². The molecule has 0 aliphatic rings. The predicted octanol–water partition coefficient (Wildman–Crippen LogP) is 4.73. The van der Waals surface area contributed by atoms with Crippen molar-refractivity contribution in [1.82, 2.24) is 9.97 Å². The van der Waals surface area contributed by atoms with Crippen molar-refractivity contribution < 1.29 is 4.74 Å². The summed E-state index contributed by atoms with van der Waals surface area (Å²) in [7, 11) is 1.65. The average Bonchev–Trinajstić information content (AvgIpc) is 2.58. The summed E-state index contributed by atoms with van der Waals surface area (Å²) < 4.78 is 6.18. The van der Waals surface area contributed by atoms with Crippen molar-refractivity contribution in [3.05, 3.63) is 65.4 Å². The molecule has 0 fully saturated rings. The standard InChI is InChI=1S/C17H15BrN4O/c1-23-15-8-6-14(7-9-15)22-17-10-16(19-11-20-17)21-13-4-2-12(18)3-5-13/h2-11H,1H3,(H2,19,20,21,22). The summed E-state index contributed by atoms with van der Waals surface area (Å²) in [6, 6.07) is 17.4. The summed E-state index contributed by atoms with van der Waals surface area (Å²) in [4.78, 5) is 8.46. The number of aromatic nitrogens is 2. The summed E-state index contributed by atoms with van der Waals surface area (Å²) in [6.45, 7) is 0. The Morgan fingerprint density at radius 3 is 1.87 bits per heavy atom. The third-order valence-corrected chi connectivity index (χ3v) is 3.67. The van der Waals surface area contributed by atoms with Gasteiger partial charge in [-0.15, -0.1) is 0 Å².